The van der Waals surface area contributed by atoms with Crippen LogP contribution in [0.5, 0.6) is 0 Å². The summed E-state index contributed by atoms with van der Waals surface area (Å²) in [5.74, 6) is -0.594. The van der Waals surface area contributed by atoms with Gasteiger partial charge in [-0.1, -0.05) is 25.5 Å². The molecule has 0 fully saturated rings. The summed E-state index contributed by atoms with van der Waals surface area (Å²) < 4.78 is 12.8. The van der Waals surface area contributed by atoms with E-state index in [2.05, 4.69) is 17.6 Å². The van der Waals surface area contributed by atoms with Gasteiger partial charge < -0.3 is 10.6 Å². The normalized spacial score (nSPS) is 10.3. The summed E-state index contributed by atoms with van der Waals surface area (Å²) in [6.07, 6.45) is 2.60. The predicted molar refractivity (Wildman–Crippen MR) is 96.1 cm³/mol. The van der Waals surface area contributed by atoms with Gasteiger partial charge in [0.2, 0.25) is 0 Å². The van der Waals surface area contributed by atoms with Gasteiger partial charge in [-0.3, -0.25) is 9.59 Å². The lowest BCUT2D eigenvalue weighted by Crippen LogP contribution is -2.26. The Kier molecular flexibility index (Phi) is 7.14. The van der Waals surface area contributed by atoms with Crippen LogP contribution in [0.25, 0.3) is 0 Å². The average Bonchev–Trinajstić information content (AvgIpc) is 2.63. The van der Waals surface area contributed by atoms with Crippen LogP contribution in [0.2, 0.25) is 0 Å². The number of carbonyl (C=O) groups is 2. The van der Waals surface area contributed by atoms with Crippen molar-refractivity contribution in [1.82, 2.24) is 10.6 Å². The first-order valence-corrected chi connectivity index (χ1v) is 8.51. The molecular formula is C20H23FN2O2. The first kappa shape index (κ1) is 18.6. The molecule has 132 valence electrons. The van der Waals surface area contributed by atoms with Gasteiger partial charge in [-0.25, -0.2) is 4.39 Å². The van der Waals surface area contributed by atoms with Crippen molar-refractivity contribution in [2.45, 2.75) is 26.2 Å². The van der Waals surface area contributed by atoms with Gasteiger partial charge in [0, 0.05) is 24.2 Å². The van der Waals surface area contributed by atoms with Gasteiger partial charge in [0.05, 0.1) is 0 Å². The fraction of sp³-hybridized carbons (Fsp3) is 0.300. The molecule has 0 bridgehead atoms. The third-order valence-corrected chi connectivity index (χ3v) is 3.84. The maximum atomic E-state index is 12.8. The van der Waals surface area contributed by atoms with E-state index in [4.69, 9.17) is 0 Å². The number of benzene rings is 2. The second kappa shape index (κ2) is 9.57. The minimum Gasteiger partial charge on any atom is -0.352 e. The second-order valence-electron chi connectivity index (χ2n) is 5.82. The Morgan fingerprint density at radius 3 is 1.88 bits per heavy atom. The molecule has 0 heterocycles. The smallest absolute Gasteiger partial charge is 0.251 e. The zero-order valence-electron chi connectivity index (χ0n) is 14.3. The van der Waals surface area contributed by atoms with Crippen molar-refractivity contribution >= 4 is 11.8 Å². The molecule has 2 aromatic rings. The monoisotopic (exact) mass is 342 g/mol. The van der Waals surface area contributed by atoms with Gasteiger partial charge in [0.1, 0.15) is 5.82 Å². The van der Waals surface area contributed by atoms with E-state index < -0.39 is 0 Å². The molecule has 0 aliphatic carbocycles. The number of unbranched alkanes of at least 4 members (excludes halogenated alkanes) is 1. The molecule has 0 saturated carbocycles. The van der Waals surface area contributed by atoms with E-state index in [9.17, 15) is 14.0 Å². The van der Waals surface area contributed by atoms with Crippen LogP contribution in [-0.4, -0.2) is 24.9 Å². The Morgan fingerprint density at radius 2 is 1.36 bits per heavy atom. The molecule has 2 rings (SSSR count). The molecule has 2 aromatic carbocycles. The van der Waals surface area contributed by atoms with Gasteiger partial charge in [-0.05, 0) is 54.8 Å². The van der Waals surface area contributed by atoms with Crippen LogP contribution in [0.15, 0.2) is 48.5 Å². The number of halogens is 1. The van der Waals surface area contributed by atoms with Crippen LogP contribution in [0.1, 0.15) is 46.0 Å². The zero-order valence-corrected chi connectivity index (χ0v) is 14.3. The summed E-state index contributed by atoms with van der Waals surface area (Å²) in [7, 11) is 0. The first-order valence-electron chi connectivity index (χ1n) is 8.51. The topological polar surface area (TPSA) is 58.2 Å². The number of carbonyl (C=O) groups excluding carboxylic acids is 2. The highest BCUT2D eigenvalue weighted by Gasteiger charge is 2.08. The molecule has 0 aromatic heterocycles. The van der Waals surface area contributed by atoms with Crippen molar-refractivity contribution < 1.29 is 14.0 Å². The second-order valence-corrected chi connectivity index (χ2v) is 5.82. The van der Waals surface area contributed by atoms with Crippen molar-refractivity contribution in [3.8, 4) is 0 Å². The van der Waals surface area contributed by atoms with Crippen LogP contribution >= 0.6 is 0 Å². The largest absolute Gasteiger partial charge is 0.352 e. The number of rotatable bonds is 8. The molecule has 0 spiro atoms. The minimum absolute atomic E-state index is 0.128. The molecule has 0 aliphatic heterocycles. The van der Waals surface area contributed by atoms with Gasteiger partial charge in [0.15, 0.2) is 0 Å². The highest BCUT2D eigenvalue weighted by atomic mass is 19.1. The number of hydrogen-bond acceptors (Lipinski definition) is 2. The molecule has 0 saturated heterocycles. The Labute approximate surface area is 147 Å². The van der Waals surface area contributed by atoms with E-state index in [0.717, 1.165) is 18.4 Å². The Balaban J connectivity index is 1.81. The molecule has 0 atom stereocenters. The third kappa shape index (κ3) is 6.03. The summed E-state index contributed by atoms with van der Waals surface area (Å²) >= 11 is 0. The minimum atomic E-state index is -0.272. The van der Waals surface area contributed by atoms with Crippen molar-refractivity contribution in [3.05, 3.63) is 71.0 Å². The summed E-state index contributed by atoms with van der Waals surface area (Å²) in [6.45, 7) is 3.18. The Hall–Kier alpha value is -2.69. The summed E-state index contributed by atoms with van der Waals surface area (Å²) in [4.78, 5) is 24.0. The van der Waals surface area contributed by atoms with Crippen molar-refractivity contribution in [1.29, 1.82) is 0 Å². The lowest BCUT2D eigenvalue weighted by Gasteiger charge is -2.07. The van der Waals surface area contributed by atoms with Crippen molar-refractivity contribution in [2.75, 3.05) is 13.1 Å². The highest BCUT2D eigenvalue weighted by Crippen LogP contribution is 2.06. The lowest BCUT2D eigenvalue weighted by atomic mass is 10.1. The van der Waals surface area contributed by atoms with E-state index in [1.807, 2.05) is 0 Å². The molecule has 0 radical (unpaired) electrons. The van der Waals surface area contributed by atoms with Gasteiger partial charge in [-0.2, -0.15) is 0 Å². The molecule has 0 aliphatic rings. The Bertz CT molecular complexity index is 697. The van der Waals surface area contributed by atoms with E-state index >= 15 is 0 Å². The van der Waals surface area contributed by atoms with E-state index in [-0.39, 0.29) is 17.6 Å². The van der Waals surface area contributed by atoms with Crippen LogP contribution in [0.4, 0.5) is 4.39 Å². The van der Waals surface area contributed by atoms with E-state index in [1.54, 1.807) is 36.4 Å². The fourth-order valence-corrected chi connectivity index (χ4v) is 2.33. The zero-order chi connectivity index (χ0) is 18.1. The fourth-order valence-electron chi connectivity index (χ4n) is 2.33. The summed E-state index contributed by atoms with van der Waals surface area (Å²) in [6, 6.07) is 12.8. The Morgan fingerprint density at radius 1 is 0.840 bits per heavy atom. The van der Waals surface area contributed by atoms with Gasteiger partial charge >= 0.3 is 0 Å². The third-order valence-electron chi connectivity index (χ3n) is 3.84. The molecule has 2 amide bonds. The molecule has 2 N–H and O–H groups in total. The lowest BCUT2D eigenvalue weighted by molar-refractivity contribution is 0.0941. The quantitative estimate of drug-likeness (QED) is 0.723. The first-order chi connectivity index (χ1) is 12.1. The maximum absolute atomic E-state index is 12.8. The molecule has 5 heteroatoms. The van der Waals surface area contributed by atoms with Crippen molar-refractivity contribution in [2.24, 2.45) is 0 Å². The molecule has 4 nitrogen and oxygen atoms in total. The van der Waals surface area contributed by atoms with E-state index in [1.165, 1.54) is 12.1 Å². The average molecular weight is 342 g/mol. The van der Waals surface area contributed by atoms with Crippen LogP contribution in [0, 0.1) is 5.82 Å². The predicted octanol–water partition coefficient (Wildman–Crippen LogP) is 3.33. The SMILES string of the molecule is CCCCNC(=O)c1ccc(C(=O)NCCc2ccc(F)cc2)cc1. The molecular weight excluding hydrogens is 319 g/mol. The summed E-state index contributed by atoms with van der Waals surface area (Å²) in [5.41, 5.74) is 2.00. The highest BCUT2D eigenvalue weighted by molar-refractivity contribution is 5.97. The van der Waals surface area contributed by atoms with Crippen LogP contribution in [0.3, 0.4) is 0 Å². The van der Waals surface area contributed by atoms with Crippen LogP contribution < -0.4 is 10.6 Å². The number of amides is 2. The van der Waals surface area contributed by atoms with Gasteiger partial charge in [0.25, 0.3) is 11.8 Å². The molecule has 25 heavy (non-hydrogen) atoms. The summed E-state index contributed by atoms with van der Waals surface area (Å²) in [5, 5.41) is 5.66. The number of nitrogens with one attached hydrogen (secondary N) is 2. The van der Waals surface area contributed by atoms with Crippen LogP contribution in [-0.2, 0) is 6.42 Å². The van der Waals surface area contributed by atoms with Crippen molar-refractivity contribution in [3.63, 3.8) is 0 Å². The van der Waals surface area contributed by atoms with Gasteiger partial charge in [-0.15, -0.1) is 0 Å². The molecule has 0 unspecified atom stereocenters. The number of hydrogen-bond donors (Lipinski definition) is 2. The van der Waals surface area contributed by atoms with E-state index in [0.29, 0.717) is 30.6 Å². The standard InChI is InChI=1S/C20H23FN2O2/c1-2-3-13-22-19(24)16-6-8-17(9-7-16)20(25)23-14-12-15-4-10-18(21)11-5-15/h4-11H,2-3,12-14H2,1H3,(H,22,24)(H,23,25). The maximum Gasteiger partial charge on any atom is 0.251 e.